The normalized spacial score (nSPS) is 11.1. The van der Waals surface area contributed by atoms with E-state index in [9.17, 15) is 13.2 Å². The predicted octanol–water partition coefficient (Wildman–Crippen LogP) is 3.99. The van der Waals surface area contributed by atoms with Gasteiger partial charge in [-0.3, -0.25) is 14.2 Å². The van der Waals surface area contributed by atoms with Gasteiger partial charge in [-0.1, -0.05) is 24.3 Å². The predicted molar refractivity (Wildman–Crippen MR) is 126 cm³/mol. The summed E-state index contributed by atoms with van der Waals surface area (Å²) < 4.78 is 34.9. The van der Waals surface area contributed by atoms with E-state index in [2.05, 4.69) is 15.1 Å². The van der Waals surface area contributed by atoms with Gasteiger partial charge in [-0.05, 0) is 60.2 Å². The van der Waals surface area contributed by atoms with Crippen LogP contribution in [0.15, 0.2) is 96.2 Å². The van der Waals surface area contributed by atoms with Crippen molar-refractivity contribution in [2.75, 3.05) is 17.1 Å². The van der Waals surface area contributed by atoms with Crippen LogP contribution in [0.2, 0.25) is 0 Å². The van der Waals surface area contributed by atoms with Gasteiger partial charge in [-0.25, -0.2) is 8.42 Å². The van der Waals surface area contributed by atoms with Crippen molar-refractivity contribution in [3.63, 3.8) is 0 Å². The lowest BCUT2D eigenvalue weighted by Crippen LogP contribution is -2.15. The summed E-state index contributed by atoms with van der Waals surface area (Å²) in [6.07, 6.45) is 3.60. The zero-order valence-corrected chi connectivity index (χ0v) is 18.6. The minimum Gasteiger partial charge on any atom is -0.495 e. The molecule has 0 aliphatic rings. The smallest absolute Gasteiger partial charge is 0.262 e. The van der Waals surface area contributed by atoms with Gasteiger partial charge < -0.3 is 10.1 Å². The Morgan fingerprint density at radius 1 is 0.970 bits per heavy atom. The molecule has 1 aromatic heterocycles. The number of para-hydroxylation sites is 2. The molecule has 1 amide bonds. The number of ether oxygens (including phenoxy) is 1. The van der Waals surface area contributed by atoms with Crippen molar-refractivity contribution in [3.8, 4) is 5.75 Å². The molecule has 1 heterocycles. The van der Waals surface area contributed by atoms with Crippen LogP contribution in [0.3, 0.4) is 0 Å². The van der Waals surface area contributed by atoms with Crippen molar-refractivity contribution < 1.29 is 17.9 Å². The van der Waals surface area contributed by atoms with Gasteiger partial charge in [0, 0.05) is 23.6 Å². The highest BCUT2D eigenvalue weighted by molar-refractivity contribution is 7.92. The summed E-state index contributed by atoms with van der Waals surface area (Å²) >= 11 is 0. The molecule has 0 radical (unpaired) electrons. The molecule has 168 valence electrons. The maximum Gasteiger partial charge on any atom is 0.262 e. The quantitative estimate of drug-likeness (QED) is 0.412. The van der Waals surface area contributed by atoms with Gasteiger partial charge >= 0.3 is 0 Å². The van der Waals surface area contributed by atoms with E-state index >= 15 is 0 Å². The number of anilines is 2. The number of hydrogen-bond donors (Lipinski definition) is 2. The highest BCUT2D eigenvalue weighted by atomic mass is 32.2. The minimum atomic E-state index is -3.84. The molecule has 0 atom stereocenters. The Bertz CT molecular complexity index is 1330. The van der Waals surface area contributed by atoms with Crippen LogP contribution in [-0.2, 0) is 16.6 Å². The van der Waals surface area contributed by atoms with Crippen LogP contribution in [0, 0.1) is 0 Å². The molecule has 0 saturated carbocycles. The first kappa shape index (κ1) is 22.1. The second-order valence-corrected chi connectivity index (χ2v) is 8.87. The summed E-state index contributed by atoms with van der Waals surface area (Å²) in [5, 5.41) is 6.99. The number of nitrogens with zero attached hydrogens (tertiary/aromatic N) is 2. The van der Waals surface area contributed by atoms with Gasteiger partial charge in [-0.2, -0.15) is 5.10 Å². The maximum atomic E-state index is 12.7. The molecule has 0 bridgehead atoms. The first-order valence-electron chi connectivity index (χ1n) is 10.1. The first-order valence-corrected chi connectivity index (χ1v) is 11.6. The van der Waals surface area contributed by atoms with Crippen LogP contribution in [0.25, 0.3) is 0 Å². The van der Waals surface area contributed by atoms with Crippen LogP contribution < -0.4 is 14.8 Å². The Hall–Kier alpha value is -4.11. The Kier molecular flexibility index (Phi) is 6.41. The fraction of sp³-hybridized carbons (Fsp3) is 0.0833. The second-order valence-electron chi connectivity index (χ2n) is 7.18. The van der Waals surface area contributed by atoms with E-state index in [4.69, 9.17) is 4.74 Å². The summed E-state index contributed by atoms with van der Waals surface area (Å²) in [6, 6.07) is 21.8. The molecule has 0 aliphatic carbocycles. The Labute approximate surface area is 191 Å². The number of nitrogens with one attached hydrogen (secondary N) is 2. The number of carbonyl (C=O) groups is 1. The number of amides is 1. The molecular weight excluding hydrogens is 440 g/mol. The average Bonchev–Trinajstić information content (AvgIpc) is 3.33. The van der Waals surface area contributed by atoms with Gasteiger partial charge in [0.2, 0.25) is 0 Å². The highest BCUT2D eigenvalue weighted by Crippen LogP contribution is 2.26. The van der Waals surface area contributed by atoms with Gasteiger partial charge in [0.15, 0.2) is 0 Å². The van der Waals surface area contributed by atoms with Gasteiger partial charge in [0.25, 0.3) is 15.9 Å². The third-order valence-electron chi connectivity index (χ3n) is 4.89. The van der Waals surface area contributed by atoms with E-state index in [-0.39, 0.29) is 10.8 Å². The Balaban J connectivity index is 1.41. The molecule has 0 unspecified atom stereocenters. The van der Waals surface area contributed by atoms with Crippen LogP contribution in [0.1, 0.15) is 15.9 Å². The van der Waals surface area contributed by atoms with Crippen molar-refractivity contribution in [1.29, 1.82) is 0 Å². The lowest BCUT2D eigenvalue weighted by molar-refractivity contribution is 0.102. The van der Waals surface area contributed by atoms with E-state index in [0.29, 0.717) is 29.2 Å². The Morgan fingerprint density at radius 2 is 1.70 bits per heavy atom. The number of rotatable bonds is 8. The first-order chi connectivity index (χ1) is 15.9. The second kappa shape index (κ2) is 9.58. The van der Waals surface area contributed by atoms with E-state index in [1.165, 1.54) is 31.4 Å². The molecule has 4 aromatic rings. The molecule has 0 saturated heterocycles. The molecule has 33 heavy (non-hydrogen) atoms. The van der Waals surface area contributed by atoms with Crippen LogP contribution in [-0.4, -0.2) is 31.2 Å². The molecule has 0 fully saturated rings. The number of sulfonamides is 1. The molecule has 3 aromatic carbocycles. The summed E-state index contributed by atoms with van der Waals surface area (Å²) in [7, 11) is -2.38. The van der Waals surface area contributed by atoms with Crippen molar-refractivity contribution in [2.45, 2.75) is 11.4 Å². The van der Waals surface area contributed by atoms with E-state index in [1.54, 1.807) is 30.5 Å². The topological polar surface area (TPSA) is 102 Å². The molecule has 2 N–H and O–H groups in total. The summed E-state index contributed by atoms with van der Waals surface area (Å²) in [5.41, 5.74) is 2.36. The number of hydrogen-bond acceptors (Lipinski definition) is 5. The molecule has 0 spiro atoms. The minimum absolute atomic E-state index is 0.0351. The SMILES string of the molecule is COc1ccccc1NS(=O)(=O)c1ccc(C(=O)Nc2ccc(Cn3cccn3)cc2)cc1. The molecule has 0 aliphatic heterocycles. The lowest BCUT2D eigenvalue weighted by atomic mass is 10.2. The van der Waals surface area contributed by atoms with E-state index in [0.717, 1.165) is 5.56 Å². The molecule has 4 rings (SSSR count). The van der Waals surface area contributed by atoms with E-state index in [1.807, 2.05) is 41.2 Å². The summed E-state index contributed by atoms with van der Waals surface area (Å²) in [6.45, 7) is 0.639. The number of carbonyl (C=O) groups excluding carboxylic acids is 1. The zero-order chi connectivity index (χ0) is 23.3. The molecule has 8 nitrogen and oxygen atoms in total. The van der Waals surface area contributed by atoms with Crippen LogP contribution in [0.5, 0.6) is 5.75 Å². The van der Waals surface area contributed by atoms with E-state index < -0.39 is 10.0 Å². The largest absolute Gasteiger partial charge is 0.495 e. The fourth-order valence-electron chi connectivity index (χ4n) is 3.20. The lowest BCUT2D eigenvalue weighted by Gasteiger charge is -2.12. The molecular formula is C24H22N4O4S. The van der Waals surface area contributed by atoms with Crippen LogP contribution >= 0.6 is 0 Å². The maximum absolute atomic E-state index is 12.7. The molecule has 9 heteroatoms. The zero-order valence-electron chi connectivity index (χ0n) is 17.8. The summed E-state index contributed by atoms with van der Waals surface area (Å²) in [5.74, 6) is 0.0733. The fourth-order valence-corrected chi connectivity index (χ4v) is 4.27. The monoisotopic (exact) mass is 462 g/mol. The van der Waals surface area contributed by atoms with Gasteiger partial charge in [0.1, 0.15) is 5.75 Å². The number of benzene rings is 3. The van der Waals surface area contributed by atoms with Crippen molar-refractivity contribution in [2.24, 2.45) is 0 Å². The standard InChI is InChI=1S/C24H22N4O4S/c1-32-23-6-3-2-5-22(23)27-33(30,31)21-13-9-19(10-14-21)24(29)26-20-11-7-18(8-12-20)17-28-16-4-15-25-28/h2-16,27H,17H2,1H3,(H,26,29). The number of methoxy groups -OCH3 is 1. The van der Waals surface area contributed by atoms with Gasteiger partial charge in [0.05, 0.1) is 24.2 Å². The third-order valence-corrected chi connectivity index (χ3v) is 6.28. The van der Waals surface area contributed by atoms with Crippen molar-refractivity contribution in [1.82, 2.24) is 9.78 Å². The van der Waals surface area contributed by atoms with Crippen LogP contribution in [0.4, 0.5) is 11.4 Å². The van der Waals surface area contributed by atoms with Gasteiger partial charge in [-0.15, -0.1) is 0 Å². The third kappa shape index (κ3) is 5.39. The van der Waals surface area contributed by atoms with Crippen molar-refractivity contribution in [3.05, 3.63) is 102 Å². The average molecular weight is 463 g/mol. The van der Waals surface area contributed by atoms with Crippen molar-refractivity contribution >= 4 is 27.3 Å². The number of aromatic nitrogens is 2. The summed E-state index contributed by atoms with van der Waals surface area (Å²) in [4.78, 5) is 12.6. The highest BCUT2D eigenvalue weighted by Gasteiger charge is 2.17. The Morgan fingerprint density at radius 3 is 2.36 bits per heavy atom.